The van der Waals surface area contributed by atoms with Crippen LogP contribution in [0.3, 0.4) is 0 Å². The van der Waals surface area contributed by atoms with Crippen molar-refractivity contribution in [2.24, 2.45) is 0 Å². The summed E-state index contributed by atoms with van der Waals surface area (Å²) in [5.74, 6) is -0.422. The van der Waals surface area contributed by atoms with E-state index in [0.717, 1.165) is 5.56 Å². The standard InChI is InChI=1S/C43H54O7SSi/c1-32-29-34(3)41(35(4)30-32)51(46,47)50-37(31-33(2)40(44)26-18-27-48-42(45)36-19-11-8-12-20-36)21-17-28-49-52(43(5,6)7,38-22-13-9-14-23-38)39-24-15-10-16-25-39/h8-16,19-20,22-25,29-30,37,40,44H,2,17-18,21,26-28,31H2,1,3-7H3/t37-,40+/m1/s1. The van der Waals surface area contributed by atoms with Crippen LogP contribution in [0.15, 0.2) is 120 Å². The number of esters is 1. The predicted octanol–water partition coefficient (Wildman–Crippen LogP) is 7.99. The zero-order chi connectivity index (χ0) is 37.9. The molecule has 7 nitrogen and oxygen atoms in total. The third-order valence-electron chi connectivity index (χ3n) is 9.35. The number of aliphatic hydroxyl groups is 1. The fraction of sp³-hybridized carbons (Fsp3) is 0.372. The molecule has 2 atom stereocenters. The molecule has 0 spiro atoms. The number of hydrogen-bond donors (Lipinski definition) is 1. The van der Waals surface area contributed by atoms with Crippen LogP contribution in [0.1, 0.15) is 79.9 Å². The molecule has 52 heavy (non-hydrogen) atoms. The average Bonchev–Trinajstić information content (AvgIpc) is 3.09. The number of carbonyl (C=O) groups is 1. The van der Waals surface area contributed by atoms with Gasteiger partial charge in [0, 0.05) is 6.61 Å². The number of ether oxygens (including phenoxy) is 1. The Morgan fingerprint density at radius 1 is 0.788 bits per heavy atom. The molecule has 0 radical (unpaired) electrons. The molecule has 0 aliphatic heterocycles. The van der Waals surface area contributed by atoms with Crippen molar-refractivity contribution in [3.05, 3.63) is 138 Å². The van der Waals surface area contributed by atoms with Crippen molar-refractivity contribution >= 4 is 34.8 Å². The van der Waals surface area contributed by atoms with E-state index in [-0.39, 0.29) is 23.0 Å². The minimum Gasteiger partial charge on any atom is -0.462 e. The van der Waals surface area contributed by atoms with E-state index in [4.69, 9.17) is 13.3 Å². The topological polar surface area (TPSA) is 99.1 Å². The molecule has 0 amide bonds. The highest BCUT2D eigenvalue weighted by molar-refractivity contribution is 7.86. The lowest BCUT2D eigenvalue weighted by atomic mass is 9.99. The van der Waals surface area contributed by atoms with Crippen LogP contribution in [-0.4, -0.2) is 53.2 Å². The lowest BCUT2D eigenvalue weighted by Gasteiger charge is -2.43. The maximum atomic E-state index is 13.8. The van der Waals surface area contributed by atoms with Gasteiger partial charge >= 0.3 is 5.97 Å². The lowest BCUT2D eigenvalue weighted by Crippen LogP contribution is -2.66. The van der Waals surface area contributed by atoms with Gasteiger partial charge in [-0.25, -0.2) is 4.79 Å². The molecule has 4 aromatic carbocycles. The molecule has 0 bridgehead atoms. The zero-order valence-corrected chi connectivity index (χ0v) is 33.2. The van der Waals surface area contributed by atoms with Gasteiger partial charge in [-0.15, -0.1) is 0 Å². The number of benzene rings is 4. The molecular weight excluding hydrogens is 689 g/mol. The van der Waals surface area contributed by atoms with E-state index in [1.165, 1.54) is 10.4 Å². The van der Waals surface area contributed by atoms with Crippen molar-refractivity contribution in [3.8, 4) is 0 Å². The van der Waals surface area contributed by atoms with E-state index in [9.17, 15) is 18.3 Å². The smallest absolute Gasteiger partial charge is 0.338 e. The van der Waals surface area contributed by atoms with Gasteiger partial charge in [0.25, 0.3) is 18.4 Å². The Morgan fingerprint density at radius 2 is 1.29 bits per heavy atom. The highest BCUT2D eigenvalue weighted by atomic mass is 32.2. The van der Waals surface area contributed by atoms with Crippen LogP contribution in [-0.2, 0) is 23.5 Å². The van der Waals surface area contributed by atoms with Crippen molar-refractivity contribution in [2.75, 3.05) is 13.2 Å². The molecule has 4 aromatic rings. The SMILES string of the molecule is C=C(C[C@@H](CCCO[Si](c1ccccc1)(c1ccccc1)C(C)(C)C)OS(=O)(=O)c1c(C)cc(C)cc1C)[C@@H](O)CCCOC(=O)c1ccccc1. The van der Waals surface area contributed by atoms with Gasteiger partial charge < -0.3 is 14.3 Å². The van der Waals surface area contributed by atoms with Gasteiger partial charge in [0.05, 0.1) is 29.3 Å². The van der Waals surface area contributed by atoms with Crippen LogP contribution in [0, 0.1) is 20.8 Å². The van der Waals surface area contributed by atoms with Crippen molar-refractivity contribution in [1.29, 1.82) is 0 Å². The highest BCUT2D eigenvalue weighted by Crippen LogP contribution is 2.37. The first-order chi connectivity index (χ1) is 24.7. The third kappa shape index (κ3) is 10.4. The third-order valence-corrected chi connectivity index (χ3v) is 16.1. The van der Waals surface area contributed by atoms with Crippen LogP contribution in [0.5, 0.6) is 0 Å². The summed E-state index contributed by atoms with van der Waals surface area (Å²) in [5, 5.41) is 13.2. The summed E-state index contributed by atoms with van der Waals surface area (Å²) in [4.78, 5) is 12.5. The molecular formula is C43H54O7SSi. The monoisotopic (exact) mass is 742 g/mol. The molecule has 0 aliphatic rings. The molecule has 4 rings (SSSR count). The molecule has 0 saturated heterocycles. The molecule has 0 fully saturated rings. The summed E-state index contributed by atoms with van der Waals surface area (Å²) in [6.45, 7) is 16.8. The summed E-state index contributed by atoms with van der Waals surface area (Å²) in [6.07, 6.45) is 0.0145. The Labute approximate surface area is 311 Å². The quantitative estimate of drug-likeness (QED) is 0.0363. The van der Waals surface area contributed by atoms with E-state index in [1.807, 2.05) is 61.5 Å². The first-order valence-electron chi connectivity index (χ1n) is 18.0. The van der Waals surface area contributed by atoms with E-state index in [0.29, 0.717) is 54.6 Å². The molecule has 1 N–H and O–H groups in total. The second kappa shape index (κ2) is 18.3. The molecule has 278 valence electrons. The number of aryl methyl sites for hydroxylation is 3. The minimum atomic E-state index is -4.15. The van der Waals surface area contributed by atoms with E-state index < -0.39 is 36.6 Å². The number of rotatable bonds is 18. The Bertz CT molecular complexity index is 1810. The molecule has 0 aromatic heterocycles. The van der Waals surface area contributed by atoms with Crippen molar-refractivity contribution < 1.29 is 31.7 Å². The van der Waals surface area contributed by atoms with Crippen LogP contribution in [0.2, 0.25) is 5.04 Å². The van der Waals surface area contributed by atoms with Crippen LogP contribution in [0.4, 0.5) is 0 Å². The second-order valence-corrected chi connectivity index (χ2v) is 20.4. The van der Waals surface area contributed by atoms with E-state index in [2.05, 4.69) is 51.6 Å². The second-order valence-electron chi connectivity index (χ2n) is 14.6. The van der Waals surface area contributed by atoms with Gasteiger partial charge in [-0.1, -0.05) is 124 Å². The van der Waals surface area contributed by atoms with Crippen LogP contribution in [0.25, 0.3) is 0 Å². The van der Waals surface area contributed by atoms with E-state index in [1.54, 1.807) is 38.1 Å². The number of carbonyl (C=O) groups excluding carboxylic acids is 1. The lowest BCUT2D eigenvalue weighted by molar-refractivity contribution is 0.0482. The first-order valence-corrected chi connectivity index (χ1v) is 21.3. The summed E-state index contributed by atoms with van der Waals surface area (Å²) in [6, 6.07) is 33.2. The average molecular weight is 743 g/mol. The number of aliphatic hydroxyl groups excluding tert-OH is 1. The maximum absolute atomic E-state index is 13.8. The molecule has 0 unspecified atom stereocenters. The van der Waals surface area contributed by atoms with Gasteiger partial charge in [0.1, 0.15) is 0 Å². The van der Waals surface area contributed by atoms with Crippen molar-refractivity contribution in [1.82, 2.24) is 0 Å². The maximum Gasteiger partial charge on any atom is 0.338 e. The first kappa shape index (κ1) is 40.9. The van der Waals surface area contributed by atoms with Crippen LogP contribution < -0.4 is 10.4 Å². The Hall–Kier alpha value is -3.86. The number of hydrogen-bond acceptors (Lipinski definition) is 7. The molecule has 0 heterocycles. The van der Waals surface area contributed by atoms with Gasteiger partial charge in [-0.3, -0.25) is 4.18 Å². The van der Waals surface area contributed by atoms with Crippen LogP contribution >= 0.6 is 0 Å². The highest BCUT2D eigenvalue weighted by Gasteiger charge is 2.50. The largest absolute Gasteiger partial charge is 0.462 e. The van der Waals surface area contributed by atoms with Gasteiger partial charge in [0.2, 0.25) is 0 Å². The van der Waals surface area contributed by atoms with Crippen molar-refractivity contribution in [3.63, 3.8) is 0 Å². The van der Waals surface area contributed by atoms with Gasteiger partial charge in [0.15, 0.2) is 0 Å². The normalized spacial score (nSPS) is 13.4. The molecule has 9 heteroatoms. The van der Waals surface area contributed by atoms with E-state index >= 15 is 0 Å². The Kier molecular flexibility index (Phi) is 14.4. The van der Waals surface area contributed by atoms with Gasteiger partial charge in [-0.05, 0) is 97.1 Å². The molecule has 0 aliphatic carbocycles. The fourth-order valence-corrected chi connectivity index (χ4v) is 13.1. The fourth-order valence-electron chi connectivity index (χ4n) is 7.00. The Balaban J connectivity index is 1.50. The zero-order valence-electron chi connectivity index (χ0n) is 31.4. The Morgan fingerprint density at radius 3 is 1.81 bits per heavy atom. The summed E-state index contributed by atoms with van der Waals surface area (Å²) < 4.78 is 46.1. The predicted molar refractivity (Wildman–Crippen MR) is 211 cm³/mol. The minimum absolute atomic E-state index is 0.132. The van der Waals surface area contributed by atoms with Gasteiger partial charge in [-0.2, -0.15) is 8.42 Å². The van der Waals surface area contributed by atoms with Crippen molar-refractivity contribution in [2.45, 2.75) is 95.8 Å². The molecule has 0 saturated carbocycles. The summed E-state index contributed by atoms with van der Waals surface area (Å²) in [5.41, 5.74) is 3.13. The summed E-state index contributed by atoms with van der Waals surface area (Å²) in [7, 11) is -6.94. The summed E-state index contributed by atoms with van der Waals surface area (Å²) >= 11 is 0.